The van der Waals surface area contributed by atoms with E-state index in [0.29, 0.717) is 11.8 Å². The number of piperidine rings is 1. The first-order chi connectivity index (χ1) is 12.6. The van der Waals surface area contributed by atoms with Crippen LogP contribution in [0.5, 0.6) is 0 Å². The molecule has 2 aromatic heterocycles. The van der Waals surface area contributed by atoms with Gasteiger partial charge < -0.3 is 4.90 Å². The molecule has 0 aromatic carbocycles. The standard InChI is InChI=1S/C20H27N5O/c1-14(2)17-11-19(26)25(13-22-17)12-15-6-9-24(10-7-15)18-5-8-21-20(23-18)16-3-4-16/h5,8,11,13-16H,3-4,6-7,9-10,12H2,1-2H3. The molecule has 1 saturated carbocycles. The zero-order valence-electron chi connectivity index (χ0n) is 15.6. The molecule has 0 radical (unpaired) electrons. The van der Waals surface area contributed by atoms with Crippen LogP contribution in [-0.4, -0.2) is 32.6 Å². The minimum absolute atomic E-state index is 0.0657. The molecule has 0 amide bonds. The summed E-state index contributed by atoms with van der Waals surface area (Å²) in [5.74, 6) is 3.45. The maximum Gasteiger partial charge on any atom is 0.253 e. The molecule has 0 bridgehead atoms. The highest BCUT2D eigenvalue weighted by Gasteiger charge is 2.27. The van der Waals surface area contributed by atoms with Crippen LogP contribution < -0.4 is 10.5 Å². The molecule has 2 fully saturated rings. The number of hydrogen-bond acceptors (Lipinski definition) is 5. The molecule has 1 saturated heterocycles. The Morgan fingerprint density at radius 2 is 1.92 bits per heavy atom. The summed E-state index contributed by atoms with van der Waals surface area (Å²) in [5, 5.41) is 0. The second-order valence-corrected chi connectivity index (χ2v) is 7.94. The van der Waals surface area contributed by atoms with Crippen molar-refractivity contribution in [2.75, 3.05) is 18.0 Å². The van der Waals surface area contributed by atoms with Gasteiger partial charge in [0.05, 0.1) is 12.0 Å². The number of rotatable bonds is 5. The van der Waals surface area contributed by atoms with Gasteiger partial charge in [-0.25, -0.2) is 15.0 Å². The van der Waals surface area contributed by atoms with Crippen molar-refractivity contribution in [1.29, 1.82) is 0 Å². The number of aromatic nitrogens is 4. The Bertz CT molecular complexity index is 819. The van der Waals surface area contributed by atoms with Gasteiger partial charge in [0, 0.05) is 37.8 Å². The van der Waals surface area contributed by atoms with Crippen LogP contribution in [0.2, 0.25) is 0 Å². The summed E-state index contributed by atoms with van der Waals surface area (Å²) in [6.45, 7) is 6.85. The summed E-state index contributed by atoms with van der Waals surface area (Å²) in [5.41, 5.74) is 0.937. The number of nitrogens with zero attached hydrogens (tertiary/aromatic N) is 5. The van der Waals surface area contributed by atoms with E-state index in [-0.39, 0.29) is 11.5 Å². The summed E-state index contributed by atoms with van der Waals surface area (Å²) in [6, 6.07) is 3.70. The molecule has 2 aliphatic rings. The predicted molar refractivity (Wildman–Crippen MR) is 102 cm³/mol. The fourth-order valence-corrected chi connectivity index (χ4v) is 3.59. The van der Waals surface area contributed by atoms with E-state index in [1.54, 1.807) is 17.0 Å². The predicted octanol–water partition coefficient (Wildman–Crippen LogP) is 2.95. The average Bonchev–Trinajstić information content (AvgIpc) is 3.49. The first-order valence-corrected chi connectivity index (χ1v) is 9.74. The van der Waals surface area contributed by atoms with Crippen LogP contribution in [0, 0.1) is 5.92 Å². The second-order valence-electron chi connectivity index (χ2n) is 7.94. The third-order valence-corrected chi connectivity index (χ3v) is 5.49. The van der Waals surface area contributed by atoms with E-state index in [4.69, 9.17) is 4.98 Å². The van der Waals surface area contributed by atoms with Gasteiger partial charge in [0.1, 0.15) is 11.6 Å². The van der Waals surface area contributed by atoms with Crippen molar-refractivity contribution in [3.8, 4) is 0 Å². The Labute approximate surface area is 154 Å². The molecule has 0 unspecified atom stereocenters. The lowest BCUT2D eigenvalue weighted by Crippen LogP contribution is -2.37. The summed E-state index contributed by atoms with van der Waals surface area (Å²) < 4.78 is 1.77. The van der Waals surface area contributed by atoms with Gasteiger partial charge in [-0.3, -0.25) is 9.36 Å². The van der Waals surface area contributed by atoms with Crippen LogP contribution in [0.1, 0.15) is 62.9 Å². The van der Waals surface area contributed by atoms with Crippen LogP contribution in [0.4, 0.5) is 5.82 Å². The lowest BCUT2D eigenvalue weighted by atomic mass is 9.96. The van der Waals surface area contributed by atoms with Crippen LogP contribution in [0.25, 0.3) is 0 Å². The van der Waals surface area contributed by atoms with E-state index in [1.165, 1.54) is 12.8 Å². The maximum atomic E-state index is 12.3. The Morgan fingerprint density at radius 3 is 2.58 bits per heavy atom. The highest BCUT2D eigenvalue weighted by molar-refractivity contribution is 5.38. The largest absolute Gasteiger partial charge is 0.356 e. The molecule has 2 aromatic rings. The summed E-state index contributed by atoms with van der Waals surface area (Å²) in [4.78, 5) is 28.3. The van der Waals surface area contributed by atoms with Crippen LogP contribution >= 0.6 is 0 Å². The van der Waals surface area contributed by atoms with Crippen molar-refractivity contribution in [3.05, 3.63) is 46.5 Å². The Balaban J connectivity index is 1.36. The lowest BCUT2D eigenvalue weighted by Gasteiger charge is -2.33. The normalized spacial score (nSPS) is 18.5. The molecule has 0 N–H and O–H groups in total. The van der Waals surface area contributed by atoms with Gasteiger partial charge in [0.15, 0.2) is 0 Å². The van der Waals surface area contributed by atoms with Gasteiger partial charge in [-0.2, -0.15) is 0 Å². The molecule has 0 spiro atoms. The first kappa shape index (κ1) is 17.2. The van der Waals surface area contributed by atoms with Crippen molar-refractivity contribution in [2.45, 2.75) is 57.9 Å². The van der Waals surface area contributed by atoms with Gasteiger partial charge in [0.25, 0.3) is 5.56 Å². The number of anilines is 1. The highest BCUT2D eigenvalue weighted by Crippen LogP contribution is 2.38. The lowest BCUT2D eigenvalue weighted by molar-refractivity contribution is 0.349. The van der Waals surface area contributed by atoms with Crippen molar-refractivity contribution < 1.29 is 0 Å². The molecule has 1 aliphatic heterocycles. The topological polar surface area (TPSA) is 63.9 Å². The molecular weight excluding hydrogens is 326 g/mol. The van der Waals surface area contributed by atoms with Gasteiger partial charge in [0.2, 0.25) is 0 Å². The zero-order chi connectivity index (χ0) is 18.1. The van der Waals surface area contributed by atoms with Crippen molar-refractivity contribution in [2.24, 2.45) is 5.92 Å². The summed E-state index contributed by atoms with van der Waals surface area (Å²) in [7, 11) is 0. The maximum absolute atomic E-state index is 12.3. The highest BCUT2D eigenvalue weighted by atomic mass is 16.1. The fraction of sp³-hybridized carbons (Fsp3) is 0.600. The first-order valence-electron chi connectivity index (χ1n) is 9.74. The van der Waals surface area contributed by atoms with E-state index >= 15 is 0 Å². The quantitative estimate of drug-likeness (QED) is 0.827. The average molecular weight is 353 g/mol. The smallest absolute Gasteiger partial charge is 0.253 e. The van der Waals surface area contributed by atoms with E-state index in [1.807, 2.05) is 12.3 Å². The Kier molecular flexibility index (Phi) is 4.74. The van der Waals surface area contributed by atoms with Gasteiger partial charge in [-0.05, 0) is 43.6 Å². The second kappa shape index (κ2) is 7.17. The zero-order valence-corrected chi connectivity index (χ0v) is 15.6. The fourth-order valence-electron chi connectivity index (χ4n) is 3.59. The Hall–Kier alpha value is -2.24. The molecule has 26 heavy (non-hydrogen) atoms. The SMILES string of the molecule is CC(C)c1cc(=O)n(CC2CCN(c3ccnc(C4CC4)n3)CC2)cn1. The summed E-state index contributed by atoms with van der Waals surface area (Å²) >= 11 is 0. The van der Waals surface area contributed by atoms with E-state index in [2.05, 4.69) is 28.7 Å². The monoisotopic (exact) mass is 353 g/mol. The van der Waals surface area contributed by atoms with Crippen molar-refractivity contribution in [3.63, 3.8) is 0 Å². The van der Waals surface area contributed by atoms with Gasteiger partial charge >= 0.3 is 0 Å². The molecule has 3 heterocycles. The molecule has 4 rings (SSSR count). The van der Waals surface area contributed by atoms with Crippen LogP contribution in [0.15, 0.2) is 29.5 Å². The van der Waals surface area contributed by atoms with Crippen LogP contribution in [-0.2, 0) is 6.54 Å². The van der Waals surface area contributed by atoms with Gasteiger partial charge in [-0.1, -0.05) is 13.8 Å². The third-order valence-electron chi connectivity index (χ3n) is 5.49. The minimum Gasteiger partial charge on any atom is -0.356 e. The molecule has 1 aliphatic carbocycles. The third kappa shape index (κ3) is 3.79. The minimum atomic E-state index is 0.0657. The van der Waals surface area contributed by atoms with E-state index in [9.17, 15) is 4.79 Å². The molecule has 0 atom stereocenters. The molecule has 6 nitrogen and oxygen atoms in total. The summed E-state index contributed by atoms with van der Waals surface area (Å²) in [6.07, 6.45) is 8.20. The molecule has 6 heteroatoms. The van der Waals surface area contributed by atoms with Crippen LogP contribution in [0.3, 0.4) is 0 Å². The number of hydrogen-bond donors (Lipinski definition) is 0. The Morgan fingerprint density at radius 1 is 1.15 bits per heavy atom. The molecular formula is C20H27N5O. The molecule has 138 valence electrons. The van der Waals surface area contributed by atoms with Crippen molar-refractivity contribution in [1.82, 2.24) is 19.5 Å². The van der Waals surface area contributed by atoms with E-state index in [0.717, 1.165) is 49.8 Å². The van der Waals surface area contributed by atoms with Crippen molar-refractivity contribution >= 4 is 5.82 Å². The van der Waals surface area contributed by atoms with Gasteiger partial charge in [-0.15, -0.1) is 0 Å². The van der Waals surface area contributed by atoms with E-state index < -0.39 is 0 Å².